The van der Waals surface area contributed by atoms with Crippen molar-refractivity contribution in [2.75, 3.05) is 23.7 Å². The normalized spacial score (nSPS) is 10.6. The van der Waals surface area contributed by atoms with E-state index in [0.717, 1.165) is 31.1 Å². The van der Waals surface area contributed by atoms with Gasteiger partial charge in [0, 0.05) is 18.7 Å². The molecule has 0 atom stereocenters. The van der Waals surface area contributed by atoms with E-state index in [2.05, 4.69) is 48.3 Å². The zero-order valence-electron chi connectivity index (χ0n) is 10.7. The molecule has 1 rings (SSSR count). The summed E-state index contributed by atoms with van der Waals surface area (Å²) in [5.41, 5.74) is 1.17. The summed E-state index contributed by atoms with van der Waals surface area (Å²) in [6.07, 6.45) is 2.55. The summed E-state index contributed by atoms with van der Waals surface area (Å²) in [6.45, 7) is 10.4. The topological polar surface area (TPSA) is 49.8 Å². The Balaban J connectivity index is 2.85. The SMILES string of the molecule is CCNc1ncnc(NCC(C)C)c1CC. The molecule has 1 aromatic heterocycles. The summed E-state index contributed by atoms with van der Waals surface area (Å²) in [4.78, 5) is 8.57. The Morgan fingerprint density at radius 3 is 2.25 bits per heavy atom. The summed E-state index contributed by atoms with van der Waals surface area (Å²) in [6, 6.07) is 0. The van der Waals surface area contributed by atoms with Crippen molar-refractivity contribution in [1.29, 1.82) is 0 Å². The first-order valence-corrected chi connectivity index (χ1v) is 6.00. The molecule has 2 N–H and O–H groups in total. The second-order valence-electron chi connectivity index (χ2n) is 4.21. The summed E-state index contributed by atoms with van der Waals surface area (Å²) in [7, 11) is 0. The van der Waals surface area contributed by atoms with E-state index >= 15 is 0 Å². The largest absolute Gasteiger partial charge is 0.370 e. The highest BCUT2D eigenvalue weighted by Crippen LogP contribution is 2.20. The Morgan fingerprint density at radius 1 is 1.12 bits per heavy atom. The monoisotopic (exact) mass is 222 g/mol. The average Bonchev–Trinajstić information content (AvgIpc) is 2.27. The van der Waals surface area contributed by atoms with Gasteiger partial charge in [0.05, 0.1) is 0 Å². The molecule has 1 heterocycles. The molecule has 1 aromatic rings. The van der Waals surface area contributed by atoms with Gasteiger partial charge in [0.15, 0.2) is 0 Å². The molecule has 0 bridgehead atoms. The number of rotatable bonds is 6. The first-order chi connectivity index (χ1) is 7.69. The highest BCUT2D eigenvalue weighted by atomic mass is 15.1. The third-order valence-corrected chi connectivity index (χ3v) is 2.32. The van der Waals surface area contributed by atoms with Crippen molar-refractivity contribution >= 4 is 11.6 Å². The third-order valence-electron chi connectivity index (χ3n) is 2.32. The van der Waals surface area contributed by atoms with Crippen molar-refractivity contribution in [2.45, 2.75) is 34.1 Å². The highest BCUT2D eigenvalue weighted by Gasteiger charge is 2.08. The van der Waals surface area contributed by atoms with Crippen LogP contribution in [0.3, 0.4) is 0 Å². The van der Waals surface area contributed by atoms with Crippen LogP contribution < -0.4 is 10.6 Å². The lowest BCUT2D eigenvalue weighted by Crippen LogP contribution is -2.13. The van der Waals surface area contributed by atoms with Crippen molar-refractivity contribution in [1.82, 2.24) is 9.97 Å². The lowest BCUT2D eigenvalue weighted by atomic mass is 10.2. The van der Waals surface area contributed by atoms with Gasteiger partial charge in [0.25, 0.3) is 0 Å². The van der Waals surface area contributed by atoms with Crippen molar-refractivity contribution in [2.24, 2.45) is 5.92 Å². The molecule has 0 aliphatic heterocycles. The van der Waals surface area contributed by atoms with Gasteiger partial charge in [-0.25, -0.2) is 9.97 Å². The summed E-state index contributed by atoms with van der Waals surface area (Å²) >= 11 is 0. The van der Waals surface area contributed by atoms with Crippen LogP contribution in [-0.2, 0) is 6.42 Å². The Kier molecular flexibility index (Phi) is 5.02. The fourth-order valence-corrected chi connectivity index (χ4v) is 1.52. The first kappa shape index (κ1) is 12.7. The number of nitrogens with zero attached hydrogens (tertiary/aromatic N) is 2. The van der Waals surface area contributed by atoms with Crippen LogP contribution in [0.1, 0.15) is 33.3 Å². The van der Waals surface area contributed by atoms with Gasteiger partial charge in [0.2, 0.25) is 0 Å². The fourth-order valence-electron chi connectivity index (χ4n) is 1.52. The lowest BCUT2D eigenvalue weighted by molar-refractivity contribution is 0.686. The molecule has 4 heteroatoms. The molecule has 4 nitrogen and oxygen atoms in total. The second-order valence-corrected chi connectivity index (χ2v) is 4.21. The standard InChI is InChI=1S/C12H22N4/c1-5-10-11(13-6-2)15-8-16-12(10)14-7-9(3)4/h8-9H,5-7H2,1-4H3,(H2,13,14,15,16). The van der Waals surface area contributed by atoms with Gasteiger partial charge in [-0.1, -0.05) is 20.8 Å². The smallest absolute Gasteiger partial charge is 0.134 e. The molecule has 0 fully saturated rings. The van der Waals surface area contributed by atoms with Gasteiger partial charge in [-0.2, -0.15) is 0 Å². The summed E-state index contributed by atoms with van der Waals surface area (Å²) in [5, 5.41) is 6.64. The zero-order chi connectivity index (χ0) is 12.0. The minimum Gasteiger partial charge on any atom is -0.370 e. The first-order valence-electron chi connectivity index (χ1n) is 6.00. The van der Waals surface area contributed by atoms with Crippen LogP contribution in [0.15, 0.2) is 6.33 Å². The van der Waals surface area contributed by atoms with E-state index in [1.165, 1.54) is 5.56 Å². The summed E-state index contributed by atoms with van der Waals surface area (Å²) in [5.74, 6) is 2.52. The lowest BCUT2D eigenvalue weighted by Gasteiger charge is -2.14. The van der Waals surface area contributed by atoms with E-state index in [0.29, 0.717) is 5.92 Å². The molecule has 0 aliphatic carbocycles. The predicted octanol–water partition coefficient (Wildman–Crippen LogP) is 2.54. The van der Waals surface area contributed by atoms with Gasteiger partial charge in [-0.3, -0.25) is 0 Å². The maximum atomic E-state index is 4.30. The highest BCUT2D eigenvalue weighted by molar-refractivity contribution is 5.57. The van der Waals surface area contributed by atoms with Crippen molar-refractivity contribution in [3.05, 3.63) is 11.9 Å². The Labute approximate surface area is 97.9 Å². The Bertz CT molecular complexity index is 323. The second kappa shape index (κ2) is 6.30. The molecule has 0 aromatic carbocycles. The molecule has 0 saturated carbocycles. The molecule has 0 saturated heterocycles. The number of anilines is 2. The molecule has 0 unspecified atom stereocenters. The molecule has 90 valence electrons. The van der Waals surface area contributed by atoms with Crippen LogP contribution in [0.2, 0.25) is 0 Å². The third kappa shape index (κ3) is 3.36. The van der Waals surface area contributed by atoms with Crippen molar-refractivity contribution < 1.29 is 0 Å². The van der Waals surface area contributed by atoms with Gasteiger partial charge >= 0.3 is 0 Å². The summed E-state index contributed by atoms with van der Waals surface area (Å²) < 4.78 is 0. The van der Waals surface area contributed by atoms with Gasteiger partial charge in [-0.05, 0) is 19.3 Å². The maximum Gasteiger partial charge on any atom is 0.134 e. The quantitative estimate of drug-likeness (QED) is 0.776. The molecule has 0 radical (unpaired) electrons. The van der Waals surface area contributed by atoms with E-state index in [1.54, 1.807) is 6.33 Å². The number of hydrogen-bond acceptors (Lipinski definition) is 4. The number of aromatic nitrogens is 2. The van der Waals surface area contributed by atoms with E-state index in [1.807, 2.05) is 0 Å². The van der Waals surface area contributed by atoms with E-state index in [9.17, 15) is 0 Å². The molecular weight excluding hydrogens is 200 g/mol. The van der Waals surface area contributed by atoms with Crippen LogP contribution in [0.25, 0.3) is 0 Å². The average molecular weight is 222 g/mol. The predicted molar refractivity (Wildman–Crippen MR) is 68.9 cm³/mol. The minimum atomic E-state index is 0.613. The van der Waals surface area contributed by atoms with Crippen molar-refractivity contribution in [3.63, 3.8) is 0 Å². The van der Waals surface area contributed by atoms with Crippen LogP contribution in [0, 0.1) is 5.92 Å². The Morgan fingerprint density at radius 2 is 1.75 bits per heavy atom. The van der Waals surface area contributed by atoms with Crippen LogP contribution in [-0.4, -0.2) is 23.1 Å². The van der Waals surface area contributed by atoms with E-state index in [-0.39, 0.29) is 0 Å². The zero-order valence-corrected chi connectivity index (χ0v) is 10.7. The van der Waals surface area contributed by atoms with Crippen molar-refractivity contribution in [3.8, 4) is 0 Å². The van der Waals surface area contributed by atoms with Gasteiger partial charge in [-0.15, -0.1) is 0 Å². The molecule has 0 aliphatic rings. The van der Waals surface area contributed by atoms with Gasteiger partial charge < -0.3 is 10.6 Å². The molecule has 0 amide bonds. The molecule has 0 spiro atoms. The van der Waals surface area contributed by atoms with Crippen LogP contribution in [0.5, 0.6) is 0 Å². The maximum absolute atomic E-state index is 4.30. The minimum absolute atomic E-state index is 0.613. The van der Waals surface area contributed by atoms with Crippen LogP contribution in [0.4, 0.5) is 11.6 Å². The van der Waals surface area contributed by atoms with E-state index in [4.69, 9.17) is 0 Å². The van der Waals surface area contributed by atoms with Crippen LogP contribution >= 0.6 is 0 Å². The Hall–Kier alpha value is -1.32. The fraction of sp³-hybridized carbons (Fsp3) is 0.667. The van der Waals surface area contributed by atoms with Gasteiger partial charge in [0.1, 0.15) is 18.0 Å². The number of hydrogen-bond donors (Lipinski definition) is 2. The van der Waals surface area contributed by atoms with E-state index < -0.39 is 0 Å². The molecular formula is C12H22N4. The number of nitrogens with one attached hydrogen (secondary N) is 2. The molecule has 16 heavy (non-hydrogen) atoms.